The fraction of sp³-hybridized carbons (Fsp3) is 0.733. The van der Waals surface area contributed by atoms with Crippen LogP contribution < -0.4 is 4.90 Å². The van der Waals surface area contributed by atoms with Crippen LogP contribution in [-0.4, -0.2) is 23.9 Å². The molecule has 1 heterocycles. The van der Waals surface area contributed by atoms with Crippen LogP contribution in [0.25, 0.3) is 0 Å². The van der Waals surface area contributed by atoms with Gasteiger partial charge in [0.15, 0.2) is 10.9 Å². The van der Waals surface area contributed by atoms with E-state index in [0.29, 0.717) is 24.0 Å². The molecule has 1 aromatic heterocycles. The molecule has 19 heavy (non-hydrogen) atoms. The van der Waals surface area contributed by atoms with E-state index in [1.165, 1.54) is 0 Å². The first-order chi connectivity index (χ1) is 8.97. The highest BCUT2D eigenvalue weighted by molar-refractivity contribution is 7.17. The second-order valence-corrected chi connectivity index (χ2v) is 7.22. The van der Waals surface area contributed by atoms with E-state index in [0.717, 1.165) is 41.6 Å². The first-order valence-electron chi connectivity index (χ1n) is 7.25. The van der Waals surface area contributed by atoms with Crippen molar-refractivity contribution < 1.29 is 4.79 Å². The normalized spacial score (nSPS) is 15.2. The van der Waals surface area contributed by atoms with Crippen molar-refractivity contribution >= 4 is 22.3 Å². The van der Waals surface area contributed by atoms with Gasteiger partial charge in [-0.05, 0) is 24.7 Å². The van der Waals surface area contributed by atoms with Gasteiger partial charge in [0.2, 0.25) is 0 Å². The van der Waals surface area contributed by atoms with Crippen LogP contribution in [0, 0.1) is 11.8 Å². The Balaban J connectivity index is 2.23. The van der Waals surface area contributed by atoms with Crippen LogP contribution in [0.3, 0.4) is 0 Å². The van der Waals surface area contributed by atoms with Crippen molar-refractivity contribution in [3.63, 3.8) is 0 Å². The molecule has 1 aliphatic carbocycles. The van der Waals surface area contributed by atoms with Gasteiger partial charge in [0.05, 0.1) is 10.6 Å². The summed E-state index contributed by atoms with van der Waals surface area (Å²) in [5.74, 6) is 1.50. The zero-order chi connectivity index (χ0) is 14.0. The Bertz CT molecular complexity index is 441. The van der Waals surface area contributed by atoms with Gasteiger partial charge in [0, 0.05) is 19.5 Å². The van der Waals surface area contributed by atoms with Crippen molar-refractivity contribution in [3.8, 4) is 0 Å². The van der Waals surface area contributed by atoms with Crippen molar-refractivity contribution in [2.75, 3.05) is 18.0 Å². The Labute approximate surface area is 120 Å². The van der Waals surface area contributed by atoms with E-state index < -0.39 is 0 Å². The first kappa shape index (κ1) is 14.5. The lowest BCUT2D eigenvalue weighted by atomic mass is 10.0. The SMILES string of the molecule is CC(C)CN(CC(C)C)c1nc2c(s1)C(=O)CCC2. The number of nitrogens with zero attached hydrogens (tertiary/aromatic N) is 2. The van der Waals surface area contributed by atoms with Gasteiger partial charge in [0.25, 0.3) is 0 Å². The maximum atomic E-state index is 11.9. The van der Waals surface area contributed by atoms with Crippen LogP contribution in [0.15, 0.2) is 0 Å². The number of thiazole rings is 1. The van der Waals surface area contributed by atoms with E-state index in [2.05, 4.69) is 32.6 Å². The monoisotopic (exact) mass is 280 g/mol. The maximum absolute atomic E-state index is 11.9. The van der Waals surface area contributed by atoms with Crippen molar-refractivity contribution in [1.29, 1.82) is 0 Å². The molecule has 0 aliphatic heterocycles. The molecule has 0 fully saturated rings. The van der Waals surface area contributed by atoms with Gasteiger partial charge in [-0.1, -0.05) is 39.0 Å². The van der Waals surface area contributed by atoms with Gasteiger partial charge in [-0.2, -0.15) is 0 Å². The second kappa shape index (κ2) is 6.04. The molecule has 2 rings (SSSR count). The van der Waals surface area contributed by atoms with E-state index in [9.17, 15) is 4.79 Å². The second-order valence-electron chi connectivity index (χ2n) is 6.24. The Morgan fingerprint density at radius 3 is 2.32 bits per heavy atom. The third-order valence-electron chi connectivity index (χ3n) is 3.20. The Morgan fingerprint density at radius 2 is 1.79 bits per heavy atom. The summed E-state index contributed by atoms with van der Waals surface area (Å²) in [6.07, 6.45) is 2.63. The molecule has 1 aliphatic rings. The van der Waals surface area contributed by atoms with Crippen LogP contribution in [0.4, 0.5) is 5.13 Å². The lowest BCUT2D eigenvalue weighted by molar-refractivity contribution is 0.0976. The topological polar surface area (TPSA) is 33.2 Å². The fourth-order valence-corrected chi connectivity index (χ4v) is 3.60. The number of ketones is 1. The van der Waals surface area contributed by atoms with Gasteiger partial charge < -0.3 is 4.90 Å². The highest BCUT2D eigenvalue weighted by Crippen LogP contribution is 2.32. The molecule has 0 bridgehead atoms. The van der Waals surface area contributed by atoms with E-state index in [-0.39, 0.29) is 0 Å². The molecule has 0 unspecified atom stereocenters. The quantitative estimate of drug-likeness (QED) is 0.823. The number of anilines is 1. The number of fused-ring (bicyclic) bond motifs is 1. The van der Waals surface area contributed by atoms with E-state index in [4.69, 9.17) is 4.98 Å². The molecule has 0 amide bonds. The molecule has 106 valence electrons. The lowest BCUT2D eigenvalue weighted by Gasteiger charge is -2.25. The number of hydrogen-bond acceptors (Lipinski definition) is 4. The molecule has 4 heteroatoms. The zero-order valence-corrected chi connectivity index (χ0v) is 13.2. The van der Waals surface area contributed by atoms with Crippen molar-refractivity contribution in [1.82, 2.24) is 4.98 Å². The van der Waals surface area contributed by atoms with Crippen LogP contribution in [-0.2, 0) is 6.42 Å². The number of hydrogen-bond donors (Lipinski definition) is 0. The molecule has 1 aromatic rings. The molecule has 0 atom stereocenters. The number of Topliss-reactive ketones (excluding diaryl/α,β-unsaturated/α-hetero) is 1. The molecule has 3 nitrogen and oxygen atoms in total. The Kier molecular flexibility index (Phi) is 4.61. The summed E-state index contributed by atoms with van der Waals surface area (Å²) in [4.78, 5) is 19.9. The summed E-state index contributed by atoms with van der Waals surface area (Å²) < 4.78 is 0. The molecule has 0 saturated carbocycles. The minimum atomic E-state index is 0.291. The maximum Gasteiger partial charge on any atom is 0.186 e. The third-order valence-corrected chi connectivity index (χ3v) is 4.40. The number of rotatable bonds is 5. The Hall–Kier alpha value is -0.900. The molecule has 0 saturated heterocycles. The number of aryl methyl sites for hydroxylation is 1. The van der Waals surface area contributed by atoms with Crippen molar-refractivity contribution in [3.05, 3.63) is 10.6 Å². The van der Waals surface area contributed by atoms with E-state index in [1.807, 2.05) is 0 Å². The largest absolute Gasteiger partial charge is 0.348 e. The summed E-state index contributed by atoms with van der Waals surface area (Å²) in [5, 5.41) is 1.04. The minimum Gasteiger partial charge on any atom is -0.348 e. The van der Waals surface area contributed by atoms with Crippen LogP contribution >= 0.6 is 11.3 Å². The van der Waals surface area contributed by atoms with Crippen LogP contribution in [0.1, 0.15) is 55.9 Å². The average Bonchev–Trinajstić information content (AvgIpc) is 2.72. The van der Waals surface area contributed by atoms with Gasteiger partial charge in [-0.3, -0.25) is 4.79 Å². The Morgan fingerprint density at radius 1 is 1.16 bits per heavy atom. The lowest BCUT2D eigenvalue weighted by Crippen LogP contribution is -2.31. The number of carbonyl (C=O) groups is 1. The standard InChI is InChI=1S/C15H24N2OS/c1-10(2)8-17(9-11(3)4)15-16-12-6-5-7-13(18)14(12)19-15/h10-11H,5-9H2,1-4H3. The molecule has 0 radical (unpaired) electrons. The number of carbonyl (C=O) groups excluding carboxylic acids is 1. The fourth-order valence-electron chi connectivity index (χ4n) is 2.50. The zero-order valence-electron chi connectivity index (χ0n) is 12.4. The summed E-state index contributed by atoms with van der Waals surface area (Å²) in [6.45, 7) is 10.9. The summed E-state index contributed by atoms with van der Waals surface area (Å²) in [7, 11) is 0. The van der Waals surface area contributed by atoms with Crippen molar-refractivity contribution in [2.45, 2.75) is 47.0 Å². The highest BCUT2D eigenvalue weighted by atomic mass is 32.1. The summed E-state index contributed by atoms with van der Waals surface area (Å²) in [5.41, 5.74) is 1.04. The smallest absolute Gasteiger partial charge is 0.186 e. The molecule has 0 aromatic carbocycles. The van der Waals surface area contributed by atoms with Gasteiger partial charge in [-0.25, -0.2) is 4.98 Å². The predicted molar refractivity (Wildman–Crippen MR) is 81.3 cm³/mol. The first-order valence-corrected chi connectivity index (χ1v) is 8.07. The molecular weight excluding hydrogens is 256 g/mol. The summed E-state index contributed by atoms with van der Waals surface area (Å²) >= 11 is 1.60. The number of aromatic nitrogens is 1. The van der Waals surface area contributed by atoms with Crippen molar-refractivity contribution in [2.24, 2.45) is 11.8 Å². The van der Waals surface area contributed by atoms with Gasteiger partial charge in [0.1, 0.15) is 0 Å². The highest BCUT2D eigenvalue weighted by Gasteiger charge is 2.24. The average molecular weight is 280 g/mol. The summed E-state index contributed by atoms with van der Waals surface area (Å²) in [6, 6.07) is 0. The minimum absolute atomic E-state index is 0.291. The molecule has 0 spiro atoms. The van der Waals surface area contributed by atoms with E-state index >= 15 is 0 Å². The predicted octanol–water partition coefficient (Wildman–Crippen LogP) is 3.78. The third kappa shape index (κ3) is 3.56. The van der Waals surface area contributed by atoms with Crippen LogP contribution in [0.5, 0.6) is 0 Å². The van der Waals surface area contributed by atoms with Crippen LogP contribution in [0.2, 0.25) is 0 Å². The van der Waals surface area contributed by atoms with Gasteiger partial charge >= 0.3 is 0 Å². The molecule has 0 N–H and O–H groups in total. The van der Waals surface area contributed by atoms with E-state index in [1.54, 1.807) is 11.3 Å². The van der Waals surface area contributed by atoms with Gasteiger partial charge in [-0.15, -0.1) is 0 Å². The molecular formula is C15H24N2OS.